The Morgan fingerprint density at radius 3 is 2.05 bits per heavy atom. The van der Waals surface area contributed by atoms with Crippen LogP contribution in [0, 0.1) is 0 Å². The second-order valence-corrected chi connectivity index (χ2v) is 9.90. The molecular formula is C32H33N5O2. The van der Waals surface area contributed by atoms with E-state index in [1.54, 1.807) is 4.63 Å². The van der Waals surface area contributed by atoms with Gasteiger partial charge >= 0.3 is 0 Å². The van der Waals surface area contributed by atoms with Gasteiger partial charge in [0, 0.05) is 31.3 Å². The average Bonchev–Trinajstić information content (AvgIpc) is 3.44. The Labute approximate surface area is 229 Å². The van der Waals surface area contributed by atoms with Gasteiger partial charge in [-0.1, -0.05) is 91.0 Å². The molecule has 198 valence electrons. The topological polar surface area (TPSA) is 64.8 Å². The second-order valence-electron chi connectivity index (χ2n) is 9.90. The Morgan fingerprint density at radius 1 is 0.744 bits per heavy atom. The standard InChI is InChI=1S/C32H33N5O2/c1-4-11-25(12-5-1)31(26-13-6-2-7-14-26)39-28-19-22-36(23-20-28)21-10-24-38-30-18-17-29-33-32(35-37(29)34-30)27-15-8-3-9-16-27/h1-9,11-18,28,31H,10,19-24H2. The van der Waals surface area contributed by atoms with Crippen LogP contribution in [0.1, 0.15) is 36.5 Å². The van der Waals surface area contributed by atoms with Gasteiger partial charge in [0.2, 0.25) is 5.88 Å². The lowest BCUT2D eigenvalue weighted by Gasteiger charge is -2.34. The molecule has 3 aromatic carbocycles. The van der Waals surface area contributed by atoms with Crippen LogP contribution in [0.15, 0.2) is 103 Å². The summed E-state index contributed by atoms with van der Waals surface area (Å²) in [5.41, 5.74) is 4.08. The SMILES string of the molecule is c1ccc(-c2nc3ccc(OCCCN4CCC(OC(c5ccccc5)c5ccccc5)CC4)nn3n2)cc1. The molecule has 0 atom stereocenters. The fourth-order valence-corrected chi connectivity index (χ4v) is 5.08. The fourth-order valence-electron chi connectivity index (χ4n) is 5.08. The molecule has 0 aliphatic carbocycles. The third-order valence-electron chi connectivity index (χ3n) is 7.15. The smallest absolute Gasteiger partial charge is 0.233 e. The van der Waals surface area contributed by atoms with Gasteiger partial charge < -0.3 is 14.4 Å². The zero-order valence-electron chi connectivity index (χ0n) is 22.0. The summed E-state index contributed by atoms with van der Waals surface area (Å²) in [6.07, 6.45) is 3.23. The number of aromatic nitrogens is 4. The molecule has 0 radical (unpaired) electrons. The van der Waals surface area contributed by atoms with E-state index in [-0.39, 0.29) is 12.2 Å². The molecule has 3 heterocycles. The van der Waals surface area contributed by atoms with E-state index >= 15 is 0 Å². The number of rotatable bonds is 10. The van der Waals surface area contributed by atoms with Gasteiger partial charge in [0.15, 0.2) is 11.5 Å². The molecule has 1 fully saturated rings. The second kappa shape index (κ2) is 12.2. The van der Waals surface area contributed by atoms with Crippen LogP contribution in [0.2, 0.25) is 0 Å². The molecule has 1 saturated heterocycles. The molecular weight excluding hydrogens is 486 g/mol. The van der Waals surface area contributed by atoms with Crippen molar-refractivity contribution in [3.8, 4) is 17.3 Å². The maximum atomic E-state index is 6.69. The lowest BCUT2D eigenvalue weighted by molar-refractivity contribution is -0.0273. The third-order valence-corrected chi connectivity index (χ3v) is 7.15. The molecule has 39 heavy (non-hydrogen) atoms. The zero-order valence-corrected chi connectivity index (χ0v) is 22.0. The van der Waals surface area contributed by atoms with Gasteiger partial charge in [0.25, 0.3) is 0 Å². The van der Waals surface area contributed by atoms with Gasteiger partial charge in [-0.25, -0.2) is 4.98 Å². The van der Waals surface area contributed by atoms with E-state index in [9.17, 15) is 0 Å². The predicted octanol–water partition coefficient (Wildman–Crippen LogP) is 5.83. The molecule has 7 heteroatoms. The quantitative estimate of drug-likeness (QED) is 0.216. The number of nitrogens with zero attached hydrogens (tertiary/aromatic N) is 5. The third kappa shape index (κ3) is 6.33. The first-order valence-corrected chi connectivity index (χ1v) is 13.7. The highest BCUT2D eigenvalue weighted by atomic mass is 16.5. The fraction of sp³-hybridized carbons (Fsp3) is 0.281. The van der Waals surface area contributed by atoms with E-state index in [4.69, 9.17) is 9.47 Å². The van der Waals surface area contributed by atoms with Crippen LogP contribution in [0.4, 0.5) is 0 Å². The molecule has 0 N–H and O–H groups in total. The predicted molar refractivity (Wildman–Crippen MR) is 152 cm³/mol. The van der Waals surface area contributed by atoms with Crippen molar-refractivity contribution in [1.82, 2.24) is 24.7 Å². The van der Waals surface area contributed by atoms with Crippen LogP contribution in [-0.4, -0.2) is 57.1 Å². The Hall–Kier alpha value is -4.07. The highest BCUT2D eigenvalue weighted by molar-refractivity contribution is 5.57. The van der Waals surface area contributed by atoms with Crippen molar-refractivity contribution >= 4 is 5.65 Å². The number of benzene rings is 3. The van der Waals surface area contributed by atoms with Gasteiger partial charge in [-0.15, -0.1) is 14.8 Å². The minimum atomic E-state index is -0.0315. The van der Waals surface area contributed by atoms with Crippen molar-refractivity contribution in [2.45, 2.75) is 31.5 Å². The van der Waals surface area contributed by atoms with Crippen molar-refractivity contribution in [3.05, 3.63) is 114 Å². The summed E-state index contributed by atoms with van der Waals surface area (Å²) in [5, 5.41) is 8.99. The lowest BCUT2D eigenvalue weighted by atomic mass is 10.00. The summed E-state index contributed by atoms with van der Waals surface area (Å²) in [7, 11) is 0. The van der Waals surface area contributed by atoms with Gasteiger partial charge in [-0.3, -0.25) is 0 Å². The van der Waals surface area contributed by atoms with Crippen LogP contribution >= 0.6 is 0 Å². The normalized spacial score (nSPS) is 14.7. The maximum absolute atomic E-state index is 6.69. The zero-order chi connectivity index (χ0) is 26.3. The molecule has 0 saturated carbocycles. The Morgan fingerprint density at radius 2 is 1.38 bits per heavy atom. The highest BCUT2D eigenvalue weighted by Crippen LogP contribution is 2.30. The number of hydrogen-bond donors (Lipinski definition) is 0. The van der Waals surface area contributed by atoms with Crippen LogP contribution < -0.4 is 4.74 Å². The van der Waals surface area contributed by atoms with E-state index in [0.29, 0.717) is 24.0 Å². The van der Waals surface area contributed by atoms with Crippen LogP contribution in [0.25, 0.3) is 17.0 Å². The molecule has 6 rings (SSSR count). The van der Waals surface area contributed by atoms with Crippen molar-refractivity contribution < 1.29 is 9.47 Å². The van der Waals surface area contributed by atoms with Gasteiger partial charge in [0.1, 0.15) is 6.10 Å². The van der Waals surface area contributed by atoms with Gasteiger partial charge in [0.05, 0.1) is 12.7 Å². The first kappa shape index (κ1) is 25.2. The molecule has 7 nitrogen and oxygen atoms in total. The monoisotopic (exact) mass is 519 g/mol. The first-order chi connectivity index (χ1) is 19.3. The summed E-state index contributed by atoms with van der Waals surface area (Å²) >= 11 is 0. The van der Waals surface area contributed by atoms with E-state index in [1.165, 1.54) is 11.1 Å². The number of ether oxygens (including phenoxy) is 2. The van der Waals surface area contributed by atoms with Crippen molar-refractivity contribution in [2.24, 2.45) is 0 Å². The van der Waals surface area contributed by atoms with Crippen molar-refractivity contribution in [2.75, 3.05) is 26.2 Å². The van der Waals surface area contributed by atoms with Crippen LogP contribution in [-0.2, 0) is 4.74 Å². The Kier molecular flexibility index (Phi) is 7.89. The summed E-state index contributed by atoms with van der Waals surface area (Å²) in [5.74, 6) is 1.22. The molecule has 0 unspecified atom stereocenters. The number of piperidine rings is 1. The number of fused-ring (bicyclic) bond motifs is 1. The molecule has 1 aliphatic rings. The Balaban J connectivity index is 0.968. The molecule has 0 bridgehead atoms. The average molecular weight is 520 g/mol. The van der Waals surface area contributed by atoms with Gasteiger partial charge in [-0.2, -0.15) is 0 Å². The summed E-state index contributed by atoms with van der Waals surface area (Å²) in [6, 6.07) is 34.7. The van der Waals surface area contributed by atoms with E-state index in [0.717, 1.165) is 44.5 Å². The minimum absolute atomic E-state index is 0.0315. The van der Waals surface area contributed by atoms with Gasteiger partial charge in [-0.05, 0) is 36.5 Å². The van der Waals surface area contributed by atoms with Crippen molar-refractivity contribution in [1.29, 1.82) is 0 Å². The lowest BCUT2D eigenvalue weighted by Crippen LogP contribution is -2.38. The van der Waals surface area contributed by atoms with E-state index < -0.39 is 0 Å². The Bertz CT molecular complexity index is 1410. The maximum Gasteiger partial charge on any atom is 0.233 e. The summed E-state index contributed by atoms with van der Waals surface area (Å²) in [4.78, 5) is 7.06. The molecule has 0 spiro atoms. The number of hydrogen-bond acceptors (Lipinski definition) is 6. The van der Waals surface area contributed by atoms with Crippen LogP contribution in [0.3, 0.4) is 0 Å². The molecule has 5 aromatic rings. The van der Waals surface area contributed by atoms with E-state index in [1.807, 2.05) is 42.5 Å². The van der Waals surface area contributed by atoms with Crippen LogP contribution in [0.5, 0.6) is 5.88 Å². The van der Waals surface area contributed by atoms with E-state index in [2.05, 4.69) is 80.7 Å². The number of likely N-dealkylation sites (tertiary alicyclic amines) is 1. The summed E-state index contributed by atoms with van der Waals surface area (Å²) in [6.45, 7) is 3.68. The molecule has 1 aliphatic heterocycles. The molecule has 2 aromatic heterocycles. The minimum Gasteiger partial charge on any atom is -0.477 e. The first-order valence-electron chi connectivity index (χ1n) is 13.7. The molecule has 0 amide bonds. The summed E-state index contributed by atoms with van der Waals surface area (Å²) < 4.78 is 14.2. The highest BCUT2D eigenvalue weighted by Gasteiger charge is 2.24. The van der Waals surface area contributed by atoms with Crippen molar-refractivity contribution in [3.63, 3.8) is 0 Å². The largest absolute Gasteiger partial charge is 0.477 e.